The summed E-state index contributed by atoms with van der Waals surface area (Å²) < 4.78 is 0. The van der Waals surface area contributed by atoms with Gasteiger partial charge in [0.15, 0.2) is 0 Å². The SMILES string of the molecule is CC(=O)NC1C[C@@H]2[C@@H](CC[C@]3(C)C(=O)CC[C@@H]23)[C@@]2(C)CCC(NOCCN)=CC12. The molecule has 4 aliphatic rings. The van der Waals surface area contributed by atoms with E-state index in [0.717, 1.165) is 50.6 Å². The molecule has 0 heterocycles. The molecule has 6 heteroatoms. The summed E-state index contributed by atoms with van der Waals surface area (Å²) in [6, 6.07) is 0.114. The number of ketones is 1. The third-order valence-electron chi connectivity index (χ3n) is 8.84. The fourth-order valence-electron chi connectivity index (χ4n) is 7.41. The van der Waals surface area contributed by atoms with Gasteiger partial charge in [0.05, 0.1) is 6.61 Å². The second kappa shape index (κ2) is 7.69. The molecule has 0 aliphatic heterocycles. The molecule has 0 bridgehead atoms. The van der Waals surface area contributed by atoms with Gasteiger partial charge in [0.2, 0.25) is 5.91 Å². The van der Waals surface area contributed by atoms with Gasteiger partial charge in [0, 0.05) is 43.0 Å². The summed E-state index contributed by atoms with van der Waals surface area (Å²) in [4.78, 5) is 30.2. The summed E-state index contributed by atoms with van der Waals surface area (Å²) in [5, 5.41) is 3.27. The van der Waals surface area contributed by atoms with Gasteiger partial charge in [0.1, 0.15) is 5.78 Å². The molecule has 29 heavy (non-hydrogen) atoms. The number of nitrogens with two attached hydrogens (primary N) is 1. The van der Waals surface area contributed by atoms with Crippen molar-refractivity contribution in [3.8, 4) is 0 Å². The first kappa shape index (κ1) is 20.9. The fraction of sp³-hybridized carbons (Fsp3) is 0.826. The molecule has 3 fully saturated rings. The number of carbonyl (C=O) groups excluding carboxylic acids is 2. The van der Waals surface area contributed by atoms with Crippen LogP contribution in [0.5, 0.6) is 0 Å². The Morgan fingerprint density at radius 1 is 1.24 bits per heavy atom. The number of nitrogens with one attached hydrogen (secondary N) is 2. The predicted octanol–water partition coefficient (Wildman–Crippen LogP) is 2.69. The Labute approximate surface area is 174 Å². The van der Waals surface area contributed by atoms with Crippen molar-refractivity contribution in [3.05, 3.63) is 11.8 Å². The number of amides is 1. The van der Waals surface area contributed by atoms with Crippen molar-refractivity contribution < 1.29 is 14.4 Å². The largest absolute Gasteiger partial charge is 0.353 e. The number of hydroxylamine groups is 1. The Morgan fingerprint density at radius 2 is 2.03 bits per heavy atom. The third-order valence-corrected chi connectivity index (χ3v) is 8.84. The van der Waals surface area contributed by atoms with Crippen LogP contribution < -0.4 is 16.5 Å². The molecule has 0 aromatic carbocycles. The Hall–Kier alpha value is -1.40. The van der Waals surface area contributed by atoms with Crippen LogP contribution in [0.2, 0.25) is 0 Å². The lowest BCUT2D eigenvalue weighted by molar-refractivity contribution is -0.139. The fourth-order valence-corrected chi connectivity index (χ4v) is 7.41. The Morgan fingerprint density at radius 3 is 2.76 bits per heavy atom. The first-order valence-electron chi connectivity index (χ1n) is 11.4. The molecular formula is C23H37N3O3. The topological polar surface area (TPSA) is 93.5 Å². The van der Waals surface area contributed by atoms with Crippen molar-refractivity contribution in [1.82, 2.24) is 10.8 Å². The normalized spacial score (nSPS) is 43.7. The zero-order valence-electron chi connectivity index (χ0n) is 18.1. The monoisotopic (exact) mass is 403 g/mol. The van der Waals surface area contributed by atoms with Crippen molar-refractivity contribution >= 4 is 11.7 Å². The molecule has 3 saturated carbocycles. The highest BCUT2D eigenvalue weighted by Gasteiger charge is 2.61. The van der Waals surface area contributed by atoms with Gasteiger partial charge in [-0.25, -0.2) is 0 Å². The molecule has 2 unspecified atom stereocenters. The Kier molecular flexibility index (Phi) is 5.53. The zero-order chi connectivity index (χ0) is 20.8. The first-order valence-corrected chi connectivity index (χ1v) is 11.4. The van der Waals surface area contributed by atoms with E-state index in [-0.39, 0.29) is 28.7 Å². The van der Waals surface area contributed by atoms with E-state index >= 15 is 0 Å². The molecule has 1 amide bonds. The van der Waals surface area contributed by atoms with Crippen molar-refractivity contribution in [2.24, 2.45) is 40.2 Å². The molecule has 0 aromatic rings. The maximum Gasteiger partial charge on any atom is 0.217 e. The van der Waals surface area contributed by atoms with Crippen molar-refractivity contribution in [3.63, 3.8) is 0 Å². The van der Waals surface area contributed by atoms with Crippen LogP contribution in [-0.2, 0) is 14.4 Å². The van der Waals surface area contributed by atoms with Gasteiger partial charge in [-0.05, 0) is 61.7 Å². The van der Waals surface area contributed by atoms with E-state index in [1.54, 1.807) is 6.92 Å². The van der Waals surface area contributed by atoms with Gasteiger partial charge in [0.25, 0.3) is 0 Å². The number of hydrogen-bond donors (Lipinski definition) is 3. The predicted molar refractivity (Wildman–Crippen MR) is 111 cm³/mol. The van der Waals surface area contributed by atoms with E-state index in [1.807, 2.05) is 0 Å². The van der Waals surface area contributed by atoms with Crippen LogP contribution in [0.25, 0.3) is 0 Å². The number of fused-ring (bicyclic) bond motifs is 5. The highest BCUT2D eigenvalue weighted by Crippen LogP contribution is 2.65. The molecule has 0 radical (unpaired) electrons. The molecular weight excluding hydrogens is 366 g/mol. The average Bonchev–Trinajstić information content (AvgIpc) is 2.97. The minimum absolute atomic E-state index is 0.0322. The smallest absolute Gasteiger partial charge is 0.217 e. The Balaban J connectivity index is 1.64. The van der Waals surface area contributed by atoms with Crippen molar-refractivity contribution in [2.45, 2.75) is 71.8 Å². The van der Waals surface area contributed by atoms with Crippen LogP contribution in [0, 0.1) is 34.5 Å². The molecule has 4 aliphatic carbocycles. The Bertz CT molecular complexity index is 707. The summed E-state index contributed by atoms with van der Waals surface area (Å²) in [7, 11) is 0. The lowest BCUT2D eigenvalue weighted by atomic mass is 9.45. The summed E-state index contributed by atoms with van der Waals surface area (Å²) in [6.45, 7) is 7.22. The molecule has 4 N–H and O–H groups in total. The van der Waals surface area contributed by atoms with E-state index in [0.29, 0.717) is 36.7 Å². The summed E-state index contributed by atoms with van der Waals surface area (Å²) in [5.74, 6) is 2.39. The van der Waals surface area contributed by atoms with Gasteiger partial charge < -0.3 is 11.1 Å². The highest BCUT2D eigenvalue weighted by atomic mass is 16.6. The molecule has 0 aromatic heterocycles. The van der Waals surface area contributed by atoms with E-state index in [9.17, 15) is 9.59 Å². The van der Waals surface area contributed by atoms with Gasteiger partial charge in [-0.2, -0.15) is 0 Å². The van der Waals surface area contributed by atoms with Crippen molar-refractivity contribution in [2.75, 3.05) is 13.2 Å². The quantitative estimate of drug-likeness (QED) is 0.485. The minimum Gasteiger partial charge on any atom is -0.353 e. The zero-order valence-corrected chi connectivity index (χ0v) is 18.1. The van der Waals surface area contributed by atoms with Gasteiger partial charge in [-0.3, -0.25) is 19.9 Å². The summed E-state index contributed by atoms with van der Waals surface area (Å²) in [6.07, 6.45) is 9.24. The number of carbonyl (C=O) groups is 2. The lowest BCUT2D eigenvalue weighted by Gasteiger charge is -2.61. The highest BCUT2D eigenvalue weighted by molar-refractivity contribution is 5.87. The summed E-state index contributed by atoms with van der Waals surface area (Å²) >= 11 is 0. The molecule has 0 saturated heterocycles. The van der Waals surface area contributed by atoms with E-state index in [2.05, 4.69) is 30.7 Å². The van der Waals surface area contributed by atoms with Crippen LogP contribution in [0.15, 0.2) is 11.8 Å². The molecule has 4 rings (SSSR count). The molecule has 162 valence electrons. The van der Waals surface area contributed by atoms with E-state index < -0.39 is 0 Å². The van der Waals surface area contributed by atoms with Crippen LogP contribution in [0.1, 0.15) is 65.7 Å². The number of hydrogen-bond acceptors (Lipinski definition) is 5. The number of rotatable bonds is 5. The third kappa shape index (κ3) is 3.42. The second-order valence-electron chi connectivity index (χ2n) is 10.3. The standard InChI is InChI=1S/C23H37N3O3/c1-14(27)25-20-13-16-17-4-5-21(28)23(17,3)9-7-18(16)22(2)8-6-15(12-19(20)22)26-29-11-10-24/h12,16-20,26H,4-11,13,24H2,1-3H3,(H,25,27)/t16-,17-,18+,19?,20?,22+,23-/m0/s1. The maximum absolute atomic E-state index is 12.7. The second-order valence-corrected chi connectivity index (χ2v) is 10.3. The summed E-state index contributed by atoms with van der Waals surface area (Å²) in [5.41, 5.74) is 9.72. The molecule has 7 atom stereocenters. The molecule has 0 spiro atoms. The molecule has 6 nitrogen and oxygen atoms in total. The van der Waals surface area contributed by atoms with Crippen LogP contribution in [0.3, 0.4) is 0 Å². The number of Topliss-reactive ketones (excluding diaryl/α,β-unsaturated/α-hetero) is 1. The van der Waals surface area contributed by atoms with Crippen molar-refractivity contribution in [1.29, 1.82) is 0 Å². The van der Waals surface area contributed by atoms with E-state index in [4.69, 9.17) is 10.6 Å². The van der Waals surface area contributed by atoms with Gasteiger partial charge >= 0.3 is 0 Å². The van der Waals surface area contributed by atoms with Crippen LogP contribution in [0.4, 0.5) is 0 Å². The van der Waals surface area contributed by atoms with Gasteiger partial charge in [-0.1, -0.05) is 19.9 Å². The minimum atomic E-state index is -0.140. The average molecular weight is 404 g/mol. The van der Waals surface area contributed by atoms with Gasteiger partial charge in [-0.15, -0.1) is 0 Å². The first-order chi connectivity index (χ1) is 13.8. The van der Waals surface area contributed by atoms with Crippen LogP contribution >= 0.6 is 0 Å². The lowest BCUT2D eigenvalue weighted by Crippen LogP contribution is -2.60. The maximum atomic E-state index is 12.7. The van der Waals surface area contributed by atoms with E-state index in [1.165, 1.54) is 0 Å². The number of allylic oxidation sites excluding steroid dienone is 1. The van der Waals surface area contributed by atoms with Crippen LogP contribution in [-0.4, -0.2) is 30.9 Å².